The summed E-state index contributed by atoms with van der Waals surface area (Å²) in [5.74, 6) is 1.06. The van der Waals surface area contributed by atoms with Gasteiger partial charge in [0, 0.05) is 24.4 Å². The zero-order valence-corrected chi connectivity index (χ0v) is 15.1. The lowest BCUT2D eigenvalue weighted by molar-refractivity contribution is -0.127. The van der Waals surface area contributed by atoms with Crippen LogP contribution in [0.25, 0.3) is 11.1 Å². The SMILES string of the molecule is CN1CCCC[C@@H]1C(=O)NC[C@H]1Cc2cccc(-c3ccncc3)c2O1. The minimum absolute atomic E-state index is 0.0000851. The van der Waals surface area contributed by atoms with Gasteiger partial charge in [0.25, 0.3) is 0 Å². The number of aromatic nitrogens is 1. The number of fused-ring (bicyclic) bond motifs is 1. The lowest BCUT2D eigenvalue weighted by atomic mass is 10.0. The second-order valence-electron chi connectivity index (χ2n) is 7.21. The third-order valence-electron chi connectivity index (χ3n) is 5.40. The van der Waals surface area contributed by atoms with Crippen LogP contribution in [0.3, 0.4) is 0 Å². The fraction of sp³-hybridized carbons (Fsp3) is 0.429. The summed E-state index contributed by atoms with van der Waals surface area (Å²) in [5, 5.41) is 3.10. The van der Waals surface area contributed by atoms with Crippen molar-refractivity contribution < 1.29 is 9.53 Å². The Morgan fingerprint density at radius 2 is 2.12 bits per heavy atom. The molecule has 136 valence electrons. The number of rotatable bonds is 4. The highest BCUT2D eigenvalue weighted by Crippen LogP contribution is 2.38. The van der Waals surface area contributed by atoms with Crippen LogP contribution in [0, 0.1) is 0 Å². The second kappa shape index (κ2) is 7.46. The smallest absolute Gasteiger partial charge is 0.237 e. The quantitative estimate of drug-likeness (QED) is 0.920. The maximum Gasteiger partial charge on any atom is 0.237 e. The molecule has 5 heteroatoms. The highest BCUT2D eigenvalue weighted by atomic mass is 16.5. The van der Waals surface area contributed by atoms with E-state index in [2.05, 4.69) is 33.4 Å². The van der Waals surface area contributed by atoms with E-state index in [1.165, 1.54) is 12.0 Å². The Kier molecular flexibility index (Phi) is 4.89. The lowest BCUT2D eigenvalue weighted by Gasteiger charge is -2.31. The number of carbonyl (C=O) groups excluding carboxylic acids is 1. The molecule has 2 aromatic rings. The van der Waals surface area contributed by atoms with E-state index in [0.717, 1.165) is 42.7 Å². The molecule has 1 N–H and O–H groups in total. The van der Waals surface area contributed by atoms with Gasteiger partial charge in [-0.3, -0.25) is 14.7 Å². The van der Waals surface area contributed by atoms with E-state index in [1.54, 1.807) is 12.4 Å². The molecule has 2 aliphatic heterocycles. The summed E-state index contributed by atoms with van der Waals surface area (Å²) < 4.78 is 6.21. The van der Waals surface area contributed by atoms with Gasteiger partial charge in [0.1, 0.15) is 11.9 Å². The average molecular weight is 351 g/mol. The number of benzene rings is 1. The molecule has 2 aliphatic rings. The largest absolute Gasteiger partial charge is 0.487 e. The molecule has 2 atom stereocenters. The molecule has 0 saturated carbocycles. The number of likely N-dealkylation sites (N-methyl/N-ethyl adjacent to an activating group) is 1. The number of nitrogens with one attached hydrogen (secondary N) is 1. The van der Waals surface area contributed by atoms with Gasteiger partial charge in [-0.25, -0.2) is 0 Å². The highest BCUT2D eigenvalue weighted by Gasteiger charge is 2.29. The van der Waals surface area contributed by atoms with Crippen LogP contribution < -0.4 is 10.1 Å². The second-order valence-corrected chi connectivity index (χ2v) is 7.21. The van der Waals surface area contributed by atoms with Crippen LogP contribution in [0.5, 0.6) is 5.75 Å². The number of amides is 1. The normalized spacial score (nSPS) is 22.5. The van der Waals surface area contributed by atoms with Crippen molar-refractivity contribution in [3.63, 3.8) is 0 Å². The number of likely N-dealkylation sites (tertiary alicyclic amines) is 1. The molecule has 0 spiro atoms. The lowest BCUT2D eigenvalue weighted by Crippen LogP contribution is -2.49. The Morgan fingerprint density at radius 3 is 2.92 bits per heavy atom. The number of hydrogen-bond donors (Lipinski definition) is 1. The predicted molar refractivity (Wildman–Crippen MR) is 101 cm³/mol. The molecule has 1 saturated heterocycles. The van der Waals surface area contributed by atoms with Crippen molar-refractivity contribution in [2.75, 3.05) is 20.1 Å². The summed E-state index contributed by atoms with van der Waals surface area (Å²) in [7, 11) is 2.03. The van der Waals surface area contributed by atoms with Gasteiger partial charge in [0.15, 0.2) is 0 Å². The zero-order valence-electron chi connectivity index (χ0n) is 15.1. The van der Waals surface area contributed by atoms with Crippen molar-refractivity contribution in [1.82, 2.24) is 15.2 Å². The molecule has 1 amide bonds. The molecular formula is C21H25N3O2. The molecular weight excluding hydrogens is 326 g/mol. The van der Waals surface area contributed by atoms with Crippen LogP contribution in [-0.4, -0.2) is 48.1 Å². The Labute approximate surface area is 154 Å². The molecule has 0 bridgehead atoms. The van der Waals surface area contributed by atoms with Gasteiger partial charge < -0.3 is 10.1 Å². The minimum Gasteiger partial charge on any atom is -0.487 e. The summed E-state index contributed by atoms with van der Waals surface area (Å²) in [5.41, 5.74) is 3.39. The molecule has 0 unspecified atom stereocenters. The van der Waals surface area contributed by atoms with E-state index in [1.807, 2.05) is 19.2 Å². The molecule has 1 aromatic heterocycles. The first-order valence-electron chi connectivity index (χ1n) is 9.39. The third-order valence-corrected chi connectivity index (χ3v) is 5.40. The first-order chi connectivity index (χ1) is 12.7. The van der Waals surface area contributed by atoms with Gasteiger partial charge in [-0.2, -0.15) is 0 Å². The van der Waals surface area contributed by atoms with E-state index in [9.17, 15) is 4.79 Å². The Hall–Kier alpha value is -2.40. The van der Waals surface area contributed by atoms with Gasteiger partial charge >= 0.3 is 0 Å². The summed E-state index contributed by atoms with van der Waals surface area (Å²) in [6.07, 6.45) is 7.66. The Morgan fingerprint density at radius 1 is 1.27 bits per heavy atom. The topological polar surface area (TPSA) is 54.5 Å². The van der Waals surface area contributed by atoms with E-state index in [4.69, 9.17) is 4.74 Å². The van der Waals surface area contributed by atoms with E-state index in [-0.39, 0.29) is 18.1 Å². The fourth-order valence-corrected chi connectivity index (χ4v) is 3.95. The summed E-state index contributed by atoms with van der Waals surface area (Å²) in [6.45, 7) is 1.55. The van der Waals surface area contributed by atoms with Crippen molar-refractivity contribution >= 4 is 5.91 Å². The number of carbonyl (C=O) groups is 1. The number of para-hydroxylation sites is 1. The third kappa shape index (κ3) is 3.44. The summed E-state index contributed by atoms with van der Waals surface area (Å²) in [4.78, 5) is 18.8. The van der Waals surface area contributed by atoms with Gasteiger partial charge in [0.2, 0.25) is 5.91 Å². The fourth-order valence-electron chi connectivity index (χ4n) is 3.95. The number of pyridine rings is 1. The van der Waals surface area contributed by atoms with Crippen LogP contribution in [0.4, 0.5) is 0 Å². The molecule has 3 heterocycles. The summed E-state index contributed by atoms with van der Waals surface area (Å²) >= 11 is 0. The van der Waals surface area contributed by atoms with Gasteiger partial charge in [-0.05, 0) is 49.7 Å². The molecule has 0 radical (unpaired) electrons. The molecule has 4 rings (SSSR count). The van der Waals surface area contributed by atoms with Gasteiger partial charge in [0.05, 0.1) is 12.6 Å². The predicted octanol–water partition coefficient (Wildman–Crippen LogP) is 2.65. The molecule has 1 fully saturated rings. The van der Waals surface area contributed by atoms with Crippen LogP contribution in [0.15, 0.2) is 42.7 Å². The molecule has 26 heavy (non-hydrogen) atoms. The first kappa shape index (κ1) is 17.0. The highest BCUT2D eigenvalue weighted by molar-refractivity contribution is 5.81. The first-order valence-corrected chi connectivity index (χ1v) is 9.39. The van der Waals surface area contributed by atoms with Crippen molar-refractivity contribution in [2.45, 2.75) is 37.8 Å². The van der Waals surface area contributed by atoms with E-state index < -0.39 is 0 Å². The van der Waals surface area contributed by atoms with Crippen LogP contribution >= 0.6 is 0 Å². The van der Waals surface area contributed by atoms with E-state index in [0.29, 0.717) is 6.54 Å². The molecule has 1 aromatic carbocycles. The van der Waals surface area contributed by atoms with Crippen LogP contribution in [-0.2, 0) is 11.2 Å². The number of nitrogens with zero attached hydrogens (tertiary/aromatic N) is 2. The maximum absolute atomic E-state index is 12.5. The Bertz CT molecular complexity index is 778. The van der Waals surface area contributed by atoms with Crippen LogP contribution in [0.2, 0.25) is 0 Å². The average Bonchev–Trinajstić information content (AvgIpc) is 3.10. The maximum atomic E-state index is 12.5. The number of piperidine rings is 1. The van der Waals surface area contributed by atoms with Crippen molar-refractivity contribution in [3.05, 3.63) is 48.3 Å². The zero-order chi connectivity index (χ0) is 17.9. The standard InChI is InChI=1S/C21H25N3O2/c1-24-12-3-2-7-19(24)21(25)23-14-17-13-16-5-4-6-18(20(16)26-17)15-8-10-22-11-9-15/h4-6,8-11,17,19H,2-3,7,12-14H2,1H3,(H,23,25)/t17-,19-/m1/s1. The van der Waals surface area contributed by atoms with E-state index >= 15 is 0 Å². The number of ether oxygens (including phenoxy) is 1. The molecule has 0 aliphatic carbocycles. The number of hydrogen-bond acceptors (Lipinski definition) is 4. The summed E-state index contributed by atoms with van der Waals surface area (Å²) in [6, 6.07) is 10.2. The van der Waals surface area contributed by atoms with Crippen molar-refractivity contribution in [2.24, 2.45) is 0 Å². The van der Waals surface area contributed by atoms with Crippen molar-refractivity contribution in [3.8, 4) is 16.9 Å². The molecule has 5 nitrogen and oxygen atoms in total. The minimum atomic E-state index is -0.00849. The monoisotopic (exact) mass is 351 g/mol. The van der Waals surface area contributed by atoms with Crippen molar-refractivity contribution in [1.29, 1.82) is 0 Å². The van der Waals surface area contributed by atoms with Gasteiger partial charge in [-0.15, -0.1) is 0 Å². The van der Waals surface area contributed by atoms with Crippen LogP contribution in [0.1, 0.15) is 24.8 Å². The van der Waals surface area contributed by atoms with Gasteiger partial charge in [-0.1, -0.05) is 24.6 Å². The Balaban J connectivity index is 1.41.